The first-order valence-electron chi connectivity index (χ1n) is 7.14. The van der Waals surface area contributed by atoms with Crippen molar-refractivity contribution in [3.63, 3.8) is 0 Å². The monoisotopic (exact) mass is 296 g/mol. The van der Waals surface area contributed by atoms with Crippen molar-refractivity contribution >= 4 is 10.0 Å². The number of hydrogen-bond acceptors (Lipinski definition) is 4. The maximum absolute atomic E-state index is 12.7. The Morgan fingerprint density at radius 1 is 1.15 bits per heavy atom. The minimum absolute atomic E-state index is 0.392. The third-order valence-corrected chi connectivity index (χ3v) is 5.71. The van der Waals surface area contributed by atoms with Gasteiger partial charge in [0.2, 0.25) is 10.0 Å². The summed E-state index contributed by atoms with van der Waals surface area (Å²) < 4.78 is 32.5. The Balaban J connectivity index is 1.90. The standard InChI is InChI=1S/C14H20N2O3S/c17-20(18,16-8-2-6-15-7-9-16)13-4-5-14-12(11-13)3-1-10-19-14/h4-5,11,15H,1-3,6-10H2. The summed E-state index contributed by atoms with van der Waals surface area (Å²) in [6.07, 6.45) is 2.69. The summed E-state index contributed by atoms with van der Waals surface area (Å²) in [5.41, 5.74) is 1.00. The van der Waals surface area contributed by atoms with Crippen molar-refractivity contribution in [2.45, 2.75) is 24.2 Å². The first-order valence-corrected chi connectivity index (χ1v) is 8.58. The Labute approximate surface area is 120 Å². The maximum Gasteiger partial charge on any atom is 0.243 e. The van der Waals surface area contributed by atoms with Crippen molar-refractivity contribution in [1.82, 2.24) is 9.62 Å². The zero-order valence-corrected chi connectivity index (χ0v) is 12.3. The van der Waals surface area contributed by atoms with Crippen LogP contribution in [0.3, 0.4) is 0 Å². The lowest BCUT2D eigenvalue weighted by atomic mass is 10.1. The second-order valence-electron chi connectivity index (χ2n) is 5.23. The van der Waals surface area contributed by atoms with Crippen LogP contribution < -0.4 is 10.1 Å². The van der Waals surface area contributed by atoms with Gasteiger partial charge in [0.05, 0.1) is 11.5 Å². The third kappa shape index (κ3) is 2.68. The Kier molecular flexibility index (Phi) is 3.96. The van der Waals surface area contributed by atoms with E-state index in [9.17, 15) is 8.42 Å². The topological polar surface area (TPSA) is 58.6 Å². The molecule has 20 heavy (non-hydrogen) atoms. The van der Waals surface area contributed by atoms with Crippen LogP contribution in [0.4, 0.5) is 0 Å². The minimum atomic E-state index is -3.38. The summed E-state index contributed by atoms with van der Waals surface area (Å²) in [7, 11) is -3.38. The molecule has 0 aromatic heterocycles. The molecular formula is C14H20N2O3S. The molecule has 0 saturated carbocycles. The van der Waals surface area contributed by atoms with Crippen LogP contribution in [0.2, 0.25) is 0 Å². The molecule has 0 unspecified atom stereocenters. The van der Waals surface area contributed by atoms with Gasteiger partial charge in [0.1, 0.15) is 5.75 Å². The molecule has 1 aromatic carbocycles. The quantitative estimate of drug-likeness (QED) is 0.884. The van der Waals surface area contributed by atoms with Gasteiger partial charge in [-0.1, -0.05) is 0 Å². The second kappa shape index (κ2) is 5.71. The highest BCUT2D eigenvalue weighted by Crippen LogP contribution is 2.28. The summed E-state index contributed by atoms with van der Waals surface area (Å²) in [6, 6.07) is 5.23. The fourth-order valence-electron chi connectivity index (χ4n) is 2.71. The van der Waals surface area contributed by atoms with Crippen LogP contribution in [0.15, 0.2) is 23.1 Å². The van der Waals surface area contributed by atoms with E-state index >= 15 is 0 Å². The van der Waals surface area contributed by atoms with Crippen LogP contribution in [0.25, 0.3) is 0 Å². The molecule has 110 valence electrons. The van der Waals surface area contributed by atoms with Crippen molar-refractivity contribution in [3.05, 3.63) is 23.8 Å². The first kappa shape index (κ1) is 13.9. The van der Waals surface area contributed by atoms with E-state index in [1.807, 2.05) is 0 Å². The van der Waals surface area contributed by atoms with Gasteiger partial charge in [-0.3, -0.25) is 0 Å². The highest BCUT2D eigenvalue weighted by molar-refractivity contribution is 7.89. The van der Waals surface area contributed by atoms with Crippen molar-refractivity contribution in [2.75, 3.05) is 32.8 Å². The van der Waals surface area contributed by atoms with Crippen LogP contribution in [0.5, 0.6) is 5.75 Å². The molecule has 0 bridgehead atoms. The summed E-state index contributed by atoms with van der Waals surface area (Å²) in [5.74, 6) is 0.827. The SMILES string of the molecule is O=S(=O)(c1ccc2c(c1)CCCO2)N1CCCNCC1. The molecule has 5 nitrogen and oxygen atoms in total. The van der Waals surface area contributed by atoms with Gasteiger partial charge in [0.25, 0.3) is 0 Å². The number of ether oxygens (including phenoxy) is 1. The number of rotatable bonds is 2. The van der Waals surface area contributed by atoms with Crippen molar-refractivity contribution in [1.29, 1.82) is 0 Å². The molecule has 6 heteroatoms. The summed E-state index contributed by atoms with van der Waals surface area (Å²) in [4.78, 5) is 0.392. The number of nitrogens with zero attached hydrogens (tertiary/aromatic N) is 1. The van der Waals surface area contributed by atoms with Crippen molar-refractivity contribution in [2.24, 2.45) is 0 Å². The Hall–Kier alpha value is -1.11. The van der Waals surface area contributed by atoms with Gasteiger partial charge >= 0.3 is 0 Å². The molecule has 1 fully saturated rings. The predicted octanol–water partition coefficient (Wildman–Crippen LogP) is 0.996. The number of nitrogens with one attached hydrogen (secondary N) is 1. The molecule has 0 atom stereocenters. The van der Waals surface area contributed by atoms with E-state index in [4.69, 9.17) is 4.74 Å². The molecule has 0 aliphatic carbocycles. The fraction of sp³-hybridized carbons (Fsp3) is 0.571. The summed E-state index contributed by atoms with van der Waals surface area (Å²) in [5, 5.41) is 3.22. The molecule has 0 spiro atoms. The average molecular weight is 296 g/mol. The molecule has 0 radical (unpaired) electrons. The molecule has 1 aromatic rings. The predicted molar refractivity (Wildman–Crippen MR) is 76.5 cm³/mol. The highest BCUT2D eigenvalue weighted by atomic mass is 32.2. The molecule has 0 amide bonds. The van der Waals surface area contributed by atoms with Crippen LogP contribution in [-0.4, -0.2) is 45.5 Å². The van der Waals surface area contributed by atoms with E-state index in [1.165, 1.54) is 0 Å². The van der Waals surface area contributed by atoms with Gasteiger partial charge in [-0.2, -0.15) is 4.31 Å². The van der Waals surface area contributed by atoms with Gasteiger partial charge < -0.3 is 10.1 Å². The van der Waals surface area contributed by atoms with Gasteiger partial charge in [0.15, 0.2) is 0 Å². The highest BCUT2D eigenvalue weighted by Gasteiger charge is 2.26. The lowest BCUT2D eigenvalue weighted by Crippen LogP contribution is -2.34. The van der Waals surface area contributed by atoms with Crippen LogP contribution in [0.1, 0.15) is 18.4 Å². The van der Waals surface area contributed by atoms with Gasteiger partial charge in [-0.25, -0.2) is 8.42 Å². The number of aryl methyl sites for hydroxylation is 1. The molecule has 2 aliphatic heterocycles. The molecule has 3 rings (SSSR count). The number of fused-ring (bicyclic) bond motifs is 1. The van der Waals surface area contributed by atoms with Gasteiger partial charge in [-0.05, 0) is 49.6 Å². The Morgan fingerprint density at radius 2 is 2.05 bits per heavy atom. The second-order valence-corrected chi connectivity index (χ2v) is 7.17. The van der Waals surface area contributed by atoms with E-state index in [2.05, 4.69) is 5.32 Å². The van der Waals surface area contributed by atoms with E-state index in [1.54, 1.807) is 22.5 Å². The average Bonchev–Trinajstić information content (AvgIpc) is 2.76. The van der Waals surface area contributed by atoms with Crippen molar-refractivity contribution in [3.8, 4) is 5.75 Å². The zero-order valence-electron chi connectivity index (χ0n) is 11.5. The van der Waals surface area contributed by atoms with Crippen LogP contribution >= 0.6 is 0 Å². The van der Waals surface area contributed by atoms with E-state index in [0.29, 0.717) is 24.5 Å². The fourth-order valence-corrected chi connectivity index (χ4v) is 4.24. The van der Waals surface area contributed by atoms with E-state index < -0.39 is 10.0 Å². The van der Waals surface area contributed by atoms with Gasteiger partial charge in [0, 0.05) is 19.6 Å². The van der Waals surface area contributed by atoms with Crippen LogP contribution in [0, 0.1) is 0 Å². The molecule has 2 heterocycles. The van der Waals surface area contributed by atoms with Crippen molar-refractivity contribution < 1.29 is 13.2 Å². The largest absolute Gasteiger partial charge is 0.493 e. The van der Waals surface area contributed by atoms with E-state index in [0.717, 1.165) is 43.7 Å². The van der Waals surface area contributed by atoms with E-state index in [-0.39, 0.29) is 0 Å². The Bertz CT molecular complexity index is 578. The number of sulfonamides is 1. The third-order valence-electron chi connectivity index (χ3n) is 3.82. The number of hydrogen-bond donors (Lipinski definition) is 1. The smallest absolute Gasteiger partial charge is 0.243 e. The first-order chi connectivity index (χ1) is 9.68. The molecule has 2 aliphatic rings. The van der Waals surface area contributed by atoms with Crippen LogP contribution in [-0.2, 0) is 16.4 Å². The molecular weight excluding hydrogens is 276 g/mol. The molecule has 1 N–H and O–H groups in total. The van der Waals surface area contributed by atoms with Gasteiger partial charge in [-0.15, -0.1) is 0 Å². The number of benzene rings is 1. The maximum atomic E-state index is 12.7. The lowest BCUT2D eigenvalue weighted by Gasteiger charge is -2.22. The minimum Gasteiger partial charge on any atom is -0.493 e. The summed E-state index contributed by atoms with van der Waals surface area (Å²) in [6.45, 7) is 3.44. The normalized spacial score (nSPS) is 20.8. The summed E-state index contributed by atoms with van der Waals surface area (Å²) >= 11 is 0. The lowest BCUT2D eigenvalue weighted by molar-refractivity contribution is 0.288. The zero-order chi connectivity index (χ0) is 14.0. The Morgan fingerprint density at radius 3 is 2.95 bits per heavy atom. The molecule has 1 saturated heterocycles.